The molecule has 1 aliphatic rings. The Hall–Kier alpha value is -2.67. The normalized spacial score (nSPS) is 17.3. The van der Waals surface area contributed by atoms with E-state index in [-0.39, 0.29) is 23.5 Å². The summed E-state index contributed by atoms with van der Waals surface area (Å²) in [6.07, 6.45) is 0.357. The molecule has 0 spiro atoms. The van der Waals surface area contributed by atoms with E-state index in [9.17, 15) is 14.7 Å². The highest BCUT2D eigenvalue weighted by atomic mass is 32.1. The zero-order valence-electron chi connectivity index (χ0n) is 12.4. The molecule has 0 saturated heterocycles. The Morgan fingerprint density at radius 1 is 1.43 bits per heavy atom. The van der Waals surface area contributed by atoms with Gasteiger partial charge in [0.25, 0.3) is 5.91 Å². The van der Waals surface area contributed by atoms with E-state index in [0.29, 0.717) is 28.9 Å². The van der Waals surface area contributed by atoms with Crippen molar-refractivity contribution in [1.29, 1.82) is 0 Å². The van der Waals surface area contributed by atoms with E-state index in [4.69, 9.17) is 0 Å². The summed E-state index contributed by atoms with van der Waals surface area (Å²) in [6, 6.07) is 6.64. The highest BCUT2D eigenvalue weighted by Crippen LogP contribution is 2.27. The van der Waals surface area contributed by atoms with Crippen LogP contribution in [0.2, 0.25) is 0 Å². The number of hydrogen-bond acceptors (Lipinski definition) is 5. The van der Waals surface area contributed by atoms with Crippen LogP contribution in [0.3, 0.4) is 0 Å². The van der Waals surface area contributed by atoms with Gasteiger partial charge in [0, 0.05) is 23.3 Å². The summed E-state index contributed by atoms with van der Waals surface area (Å²) in [4.78, 5) is 23.3. The maximum Gasteiger partial charge on any atom is 0.256 e. The van der Waals surface area contributed by atoms with Crippen molar-refractivity contribution in [1.82, 2.24) is 5.43 Å². The first-order valence-corrected chi connectivity index (χ1v) is 8.02. The molecule has 1 unspecified atom stereocenters. The molecule has 0 bridgehead atoms. The van der Waals surface area contributed by atoms with Gasteiger partial charge in [0.1, 0.15) is 5.75 Å². The molecule has 0 radical (unpaired) electrons. The molecule has 3 rings (SSSR count). The predicted octanol–water partition coefficient (Wildman–Crippen LogP) is 2.57. The molecule has 1 aliphatic heterocycles. The minimum Gasteiger partial charge on any atom is -0.506 e. The van der Waals surface area contributed by atoms with E-state index in [2.05, 4.69) is 15.8 Å². The minimum atomic E-state index is -0.273. The summed E-state index contributed by atoms with van der Waals surface area (Å²) in [5.41, 5.74) is 4.74. The highest BCUT2D eigenvalue weighted by molar-refractivity contribution is 7.08. The Labute approximate surface area is 136 Å². The van der Waals surface area contributed by atoms with Gasteiger partial charge in [-0.1, -0.05) is 13.0 Å². The van der Waals surface area contributed by atoms with E-state index < -0.39 is 0 Å². The van der Waals surface area contributed by atoms with E-state index in [1.165, 1.54) is 17.4 Å². The van der Waals surface area contributed by atoms with Crippen LogP contribution in [0.4, 0.5) is 5.69 Å². The van der Waals surface area contributed by atoms with Crippen LogP contribution in [-0.2, 0) is 4.79 Å². The lowest BCUT2D eigenvalue weighted by molar-refractivity contribution is -0.121. The monoisotopic (exact) mass is 329 g/mol. The van der Waals surface area contributed by atoms with Gasteiger partial charge < -0.3 is 10.4 Å². The lowest BCUT2D eigenvalue weighted by atomic mass is 9.94. The molecular formula is C16H15N3O3S. The number of thiophene rings is 1. The molecular weight excluding hydrogens is 314 g/mol. The fraction of sp³-hybridized carbons (Fsp3) is 0.188. The van der Waals surface area contributed by atoms with Crippen LogP contribution in [0.5, 0.6) is 5.75 Å². The first kappa shape index (κ1) is 15.2. The molecule has 2 aromatic rings. The van der Waals surface area contributed by atoms with E-state index in [1.54, 1.807) is 23.6 Å². The Bertz CT molecular complexity index is 784. The van der Waals surface area contributed by atoms with Crippen molar-refractivity contribution in [3.8, 4) is 5.75 Å². The smallest absolute Gasteiger partial charge is 0.256 e. The first-order valence-electron chi connectivity index (χ1n) is 7.08. The van der Waals surface area contributed by atoms with Gasteiger partial charge in [-0.3, -0.25) is 9.59 Å². The number of phenols is 1. The van der Waals surface area contributed by atoms with Gasteiger partial charge >= 0.3 is 0 Å². The minimum absolute atomic E-state index is 0.0330. The van der Waals surface area contributed by atoms with Crippen LogP contribution < -0.4 is 10.7 Å². The second-order valence-corrected chi connectivity index (χ2v) is 6.12. The van der Waals surface area contributed by atoms with Crippen LogP contribution in [0.25, 0.3) is 0 Å². The third kappa shape index (κ3) is 3.24. The number of hydrogen-bond donors (Lipinski definition) is 3. The van der Waals surface area contributed by atoms with Gasteiger partial charge in [-0.05, 0) is 23.6 Å². The quantitative estimate of drug-likeness (QED) is 0.756. The summed E-state index contributed by atoms with van der Waals surface area (Å²) in [5, 5.41) is 20.4. The maximum atomic E-state index is 12.0. The number of carbonyl (C=O) groups is 2. The number of hydrazone groups is 1. The van der Waals surface area contributed by atoms with Crippen molar-refractivity contribution >= 4 is 34.6 Å². The second kappa shape index (κ2) is 6.21. The predicted molar refractivity (Wildman–Crippen MR) is 88.8 cm³/mol. The van der Waals surface area contributed by atoms with Crippen LogP contribution >= 0.6 is 11.3 Å². The van der Waals surface area contributed by atoms with Crippen molar-refractivity contribution in [2.45, 2.75) is 13.3 Å². The number of carbonyl (C=O) groups excluding carboxylic acids is 2. The van der Waals surface area contributed by atoms with Gasteiger partial charge in [-0.25, -0.2) is 5.43 Å². The van der Waals surface area contributed by atoms with Gasteiger partial charge in [-0.15, -0.1) is 0 Å². The number of anilines is 1. The van der Waals surface area contributed by atoms with Crippen molar-refractivity contribution in [3.05, 3.63) is 46.2 Å². The average Bonchev–Trinajstić information content (AvgIpc) is 3.04. The largest absolute Gasteiger partial charge is 0.506 e. The van der Waals surface area contributed by atoms with E-state index in [0.717, 1.165) is 0 Å². The van der Waals surface area contributed by atoms with Gasteiger partial charge in [-0.2, -0.15) is 16.4 Å². The summed E-state index contributed by atoms with van der Waals surface area (Å²) in [7, 11) is 0. The van der Waals surface area contributed by atoms with Crippen LogP contribution in [-0.4, -0.2) is 22.6 Å². The number of phenolic OH excluding ortho intramolecular Hbond substituents is 1. The second-order valence-electron chi connectivity index (χ2n) is 5.34. The number of benzene rings is 1. The van der Waals surface area contributed by atoms with Gasteiger partial charge in [0.15, 0.2) is 0 Å². The number of rotatable bonds is 3. The first-order chi connectivity index (χ1) is 11.0. The Morgan fingerprint density at radius 3 is 2.91 bits per heavy atom. The maximum absolute atomic E-state index is 12.0. The van der Waals surface area contributed by atoms with Crippen molar-refractivity contribution < 1.29 is 14.7 Å². The molecule has 1 aromatic carbocycles. The van der Waals surface area contributed by atoms with E-state index >= 15 is 0 Å². The van der Waals surface area contributed by atoms with Gasteiger partial charge in [0.05, 0.1) is 17.0 Å². The summed E-state index contributed by atoms with van der Waals surface area (Å²) < 4.78 is 0. The lowest BCUT2D eigenvalue weighted by Gasteiger charge is -2.19. The van der Waals surface area contributed by atoms with Crippen LogP contribution in [0.1, 0.15) is 29.3 Å². The topological polar surface area (TPSA) is 90.8 Å². The standard InChI is InChI=1S/C16H15N3O3S/c1-9-6-14(21)18-19-15(9)10-2-3-12(13(20)7-10)17-16(22)11-4-5-23-8-11/h2-5,7-9,20H,6H2,1H3,(H,17,22)(H,18,21). The molecule has 0 aliphatic carbocycles. The molecule has 0 saturated carbocycles. The summed E-state index contributed by atoms with van der Waals surface area (Å²) in [5.74, 6) is -0.470. The Kier molecular flexibility index (Phi) is 4.12. The molecule has 3 N–H and O–H groups in total. The number of amides is 2. The highest BCUT2D eigenvalue weighted by Gasteiger charge is 2.22. The average molecular weight is 329 g/mol. The molecule has 6 nitrogen and oxygen atoms in total. The molecule has 7 heteroatoms. The number of nitrogens with zero attached hydrogens (tertiary/aromatic N) is 1. The Morgan fingerprint density at radius 2 is 2.26 bits per heavy atom. The Balaban J connectivity index is 1.81. The zero-order valence-corrected chi connectivity index (χ0v) is 13.2. The molecule has 2 amide bonds. The van der Waals surface area contributed by atoms with Crippen molar-refractivity contribution in [2.75, 3.05) is 5.32 Å². The fourth-order valence-corrected chi connectivity index (χ4v) is 3.02. The van der Waals surface area contributed by atoms with Crippen molar-refractivity contribution in [2.24, 2.45) is 11.0 Å². The lowest BCUT2D eigenvalue weighted by Crippen LogP contribution is -2.31. The molecule has 1 aromatic heterocycles. The number of nitrogens with one attached hydrogen (secondary N) is 2. The third-order valence-corrected chi connectivity index (χ3v) is 4.27. The molecule has 118 valence electrons. The van der Waals surface area contributed by atoms with Crippen LogP contribution in [0, 0.1) is 5.92 Å². The summed E-state index contributed by atoms with van der Waals surface area (Å²) in [6.45, 7) is 1.90. The molecule has 1 atom stereocenters. The number of aromatic hydroxyl groups is 1. The molecule has 2 heterocycles. The van der Waals surface area contributed by atoms with Gasteiger partial charge in [0.2, 0.25) is 5.91 Å². The third-order valence-electron chi connectivity index (χ3n) is 3.58. The summed E-state index contributed by atoms with van der Waals surface area (Å²) >= 11 is 1.43. The van der Waals surface area contributed by atoms with Crippen LogP contribution in [0.15, 0.2) is 40.1 Å². The van der Waals surface area contributed by atoms with Crippen molar-refractivity contribution in [3.63, 3.8) is 0 Å². The molecule has 23 heavy (non-hydrogen) atoms. The zero-order chi connectivity index (χ0) is 16.4. The SMILES string of the molecule is CC1CC(=O)NN=C1c1ccc(NC(=O)c2ccsc2)c(O)c1. The van der Waals surface area contributed by atoms with E-state index in [1.807, 2.05) is 12.3 Å². The molecule has 0 fully saturated rings. The fourth-order valence-electron chi connectivity index (χ4n) is 2.39.